The van der Waals surface area contributed by atoms with Gasteiger partial charge in [0.2, 0.25) is 0 Å². The highest BCUT2D eigenvalue weighted by Crippen LogP contribution is 2.38. The molecular weight excluding hydrogens is 438 g/mol. The molecule has 2 aromatic carbocycles. The molecule has 2 amide bonds. The van der Waals surface area contributed by atoms with Gasteiger partial charge in [0.25, 0.3) is 11.8 Å². The summed E-state index contributed by atoms with van der Waals surface area (Å²) >= 11 is 1.34. The highest BCUT2D eigenvalue weighted by molar-refractivity contribution is 8.04. The Balaban J connectivity index is 1.67. The Kier molecular flexibility index (Phi) is 6.85. The molecule has 0 spiro atoms. The maximum atomic E-state index is 13.6. The van der Waals surface area contributed by atoms with Crippen LogP contribution in [0.4, 0.5) is 5.69 Å². The number of nitrogens with zero attached hydrogens (tertiary/aromatic N) is 2. The number of benzene rings is 2. The molecule has 0 bridgehead atoms. The third kappa shape index (κ3) is 4.67. The molecule has 2 heterocycles. The van der Waals surface area contributed by atoms with Crippen LogP contribution in [-0.4, -0.2) is 62.5 Å². The summed E-state index contributed by atoms with van der Waals surface area (Å²) in [7, 11) is 1.31. The number of hydrogen-bond donors (Lipinski definition) is 1. The van der Waals surface area contributed by atoms with Crippen LogP contribution < -0.4 is 9.80 Å². The van der Waals surface area contributed by atoms with E-state index in [4.69, 9.17) is 4.74 Å². The van der Waals surface area contributed by atoms with Crippen molar-refractivity contribution in [2.75, 3.05) is 44.7 Å². The Morgan fingerprint density at radius 1 is 1.00 bits per heavy atom. The molecular formula is C25H28N3O4S+. The van der Waals surface area contributed by atoms with E-state index in [1.165, 1.54) is 28.7 Å². The van der Waals surface area contributed by atoms with Crippen molar-refractivity contribution in [3.63, 3.8) is 0 Å². The number of thioether (sulfide) groups is 1. The van der Waals surface area contributed by atoms with Gasteiger partial charge in [-0.3, -0.25) is 9.59 Å². The van der Waals surface area contributed by atoms with Crippen molar-refractivity contribution in [2.45, 2.75) is 18.7 Å². The summed E-state index contributed by atoms with van der Waals surface area (Å²) in [5.74, 6) is -1.12. The summed E-state index contributed by atoms with van der Waals surface area (Å²) in [6, 6.07) is 14.3. The molecule has 1 N–H and O–H groups in total. The zero-order valence-electron chi connectivity index (χ0n) is 19.1. The number of quaternary nitrogens is 1. The average molecular weight is 467 g/mol. The van der Waals surface area contributed by atoms with Gasteiger partial charge in [0, 0.05) is 4.90 Å². The van der Waals surface area contributed by atoms with Crippen molar-refractivity contribution < 1.29 is 24.0 Å². The summed E-state index contributed by atoms with van der Waals surface area (Å²) < 4.78 is 4.74. The number of piperazine rings is 1. The van der Waals surface area contributed by atoms with Crippen molar-refractivity contribution in [3.05, 3.63) is 70.3 Å². The number of esters is 1. The molecule has 1 fully saturated rings. The third-order valence-corrected chi connectivity index (χ3v) is 7.17. The number of ether oxygens (including phenoxy) is 1. The van der Waals surface area contributed by atoms with Crippen molar-refractivity contribution in [1.82, 2.24) is 4.90 Å². The second kappa shape index (κ2) is 9.80. The van der Waals surface area contributed by atoms with Gasteiger partial charge in [-0.25, -0.2) is 9.69 Å². The van der Waals surface area contributed by atoms with E-state index in [9.17, 15) is 14.4 Å². The summed E-state index contributed by atoms with van der Waals surface area (Å²) in [6.45, 7) is 8.53. The number of carbonyl (C=O) groups excluding carboxylic acids is 3. The minimum absolute atomic E-state index is 0.319. The number of anilines is 1. The van der Waals surface area contributed by atoms with Crippen LogP contribution in [0, 0.1) is 6.92 Å². The van der Waals surface area contributed by atoms with E-state index in [1.807, 2.05) is 31.2 Å². The molecule has 2 aliphatic rings. The van der Waals surface area contributed by atoms with E-state index in [1.54, 1.807) is 24.3 Å². The van der Waals surface area contributed by atoms with Crippen molar-refractivity contribution >= 4 is 35.2 Å². The van der Waals surface area contributed by atoms with E-state index in [-0.39, 0.29) is 11.8 Å². The lowest BCUT2D eigenvalue weighted by molar-refractivity contribution is -0.902. The Morgan fingerprint density at radius 3 is 2.21 bits per heavy atom. The first-order chi connectivity index (χ1) is 15.9. The fraction of sp³-hybridized carbons (Fsp3) is 0.320. The molecule has 0 aromatic heterocycles. The maximum Gasteiger partial charge on any atom is 0.337 e. The number of rotatable bonds is 6. The Hall–Kier alpha value is -3.10. The number of nitrogens with one attached hydrogen (secondary N) is 1. The highest BCUT2D eigenvalue weighted by Gasteiger charge is 2.43. The molecule has 7 nitrogen and oxygen atoms in total. The maximum absolute atomic E-state index is 13.6. The van der Waals surface area contributed by atoms with E-state index >= 15 is 0 Å². The molecule has 2 aromatic rings. The fourth-order valence-electron chi connectivity index (χ4n) is 4.09. The molecule has 1 saturated heterocycles. The van der Waals surface area contributed by atoms with Crippen LogP contribution in [0.3, 0.4) is 0 Å². The van der Waals surface area contributed by atoms with Crippen LogP contribution in [0.1, 0.15) is 22.8 Å². The number of aryl methyl sites for hydroxylation is 1. The minimum Gasteiger partial charge on any atom is -0.465 e. The minimum atomic E-state index is -0.466. The van der Waals surface area contributed by atoms with Gasteiger partial charge in [0.1, 0.15) is 10.6 Å². The normalized spacial score (nSPS) is 17.2. The molecule has 0 aliphatic carbocycles. The van der Waals surface area contributed by atoms with E-state index in [0.717, 1.165) is 43.2 Å². The summed E-state index contributed by atoms with van der Waals surface area (Å²) in [5, 5.41) is 0. The van der Waals surface area contributed by atoms with Gasteiger partial charge < -0.3 is 14.5 Å². The molecule has 8 heteroatoms. The number of carbonyl (C=O) groups is 3. The van der Waals surface area contributed by atoms with Gasteiger partial charge in [-0.05, 0) is 50.2 Å². The number of likely N-dealkylation sites (N-methyl/N-ethyl adjacent to an activating group) is 1. The van der Waals surface area contributed by atoms with Crippen molar-refractivity contribution in [2.24, 2.45) is 0 Å². The number of imide groups is 1. The standard InChI is InChI=1S/C25H27N3O4S/c1-4-26-13-15-27(16-14-26)21-22(33-20-11-5-17(2)6-12-20)24(30)28(23(21)29)19-9-7-18(8-10-19)25(31)32-3/h5-12H,4,13-16H2,1-3H3/p+1. The van der Waals surface area contributed by atoms with Gasteiger partial charge >= 0.3 is 5.97 Å². The molecule has 0 unspecified atom stereocenters. The molecule has 0 radical (unpaired) electrons. The first kappa shape index (κ1) is 23.1. The average Bonchev–Trinajstić information content (AvgIpc) is 3.09. The van der Waals surface area contributed by atoms with Crippen LogP contribution in [-0.2, 0) is 14.3 Å². The number of amides is 2. The molecule has 0 atom stereocenters. The zero-order chi connectivity index (χ0) is 23.5. The van der Waals surface area contributed by atoms with E-state index in [2.05, 4.69) is 11.8 Å². The van der Waals surface area contributed by atoms with Crippen molar-refractivity contribution in [1.29, 1.82) is 0 Å². The largest absolute Gasteiger partial charge is 0.465 e. The lowest BCUT2D eigenvalue weighted by Gasteiger charge is -2.33. The van der Waals surface area contributed by atoms with E-state index in [0.29, 0.717) is 21.9 Å². The summed E-state index contributed by atoms with van der Waals surface area (Å²) in [4.78, 5) is 45.0. The first-order valence-corrected chi connectivity index (χ1v) is 11.9. The number of methoxy groups -OCH3 is 1. The van der Waals surface area contributed by atoms with Crippen LogP contribution in [0.25, 0.3) is 0 Å². The predicted octanol–water partition coefficient (Wildman–Crippen LogP) is 1.88. The third-order valence-electron chi connectivity index (χ3n) is 6.09. The molecule has 0 saturated carbocycles. The van der Waals surface area contributed by atoms with E-state index < -0.39 is 5.97 Å². The lowest BCUT2D eigenvalue weighted by atomic mass is 10.2. The Morgan fingerprint density at radius 2 is 1.64 bits per heavy atom. The second-order valence-electron chi connectivity index (χ2n) is 8.17. The smallest absolute Gasteiger partial charge is 0.337 e. The summed E-state index contributed by atoms with van der Waals surface area (Å²) in [5.41, 5.74) is 2.40. The fourth-order valence-corrected chi connectivity index (χ4v) is 5.09. The lowest BCUT2D eigenvalue weighted by Crippen LogP contribution is -3.14. The van der Waals surface area contributed by atoms with Gasteiger partial charge in [0.15, 0.2) is 0 Å². The quantitative estimate of drug-likeness (QED) is 0.518. The van der Waals surface area contributed by atoms with Crippen molar-refractivity contribution in [3.8, 4) is 0 Å². The Labute approximate surface area is 198 Å². The number of hydrogen-bond acceptors (Lipinski definition) is 6. The highest BCUT2D eigenvalue weighted by atomic mass is 32.2. The van der Waals surface area contributed by atoms with Gasteiger partial charge in [-0.2, -0.15) is 0 Å². The van der Waals surface area contributed by atoms with Crippen LogP contribution >= 0.6 is 11.8 Å². The monoisotopic (exact) mass is 466 g/mol. The van der Waals surface area contributed by atoms with Gasteiger partial charge in [-0.1, -0.05) is 29.5 Å². The zero-order valence-corrected chi connectivity index (χ0v) is 19.9. The SMILES string of the molecule is CC[NH+]1CCN(C2=C(Sc3ccc(C)cc3)C(=O)N(c3ccc(C(=O)OC)cc3)C2=O)CC1. The predicted molar refractivity (Wildman–Crippen MR) is 127 cm³/mol. The van der Waals surface area contributed by atoms with Gasteiger partial charge in [0.05, 0.1) is 51.1 Å². The molecule has 2 aliphatic heterocycles. The molecule has 172 valence electrons. The first-order valence-electron chi connectivity index (χ1n) is 11.1. The molecule has 33 heavy (non-hydrogen) atoms. The summed E-state index contributed by atoms with van der Waals surface area (Å²) in [6.07, 6.45) is 0. The topological polar surface area (TPSA) is 71.4 Å². The van der Waals surface area contributed by atoms with Crippen LogP contribution in [0.15, 0.2) is 64.0 Å². The Bertz CT molecular complexity index is 1090. The van der Waals surface area contributed by atoms with Crippen LogP contribution in [0.2, 0.25) is 0 Å². The van der Waals surface area contributed by atoms with Crippen LogP contribution in [0.5, 0.6) is 0 Å². The second-order valence-corrected chi connectivity index (χ2v) is 9.25. The molecule has 4 rings (SSSR count). The van der Waals surface area contributed by atoms with Gasteiger partial charge in [-0.15, -0.1) is 0 Å².